The van der Waals surface area contributed by atoms with Gasteiger partial charge in [-0.25, -0.2) is 8.42 Å². The minimum Gasteiger partial charge on any atom is -0.348 e. The van der Waals surface area contributed by atoms with Gasteiger partial charge in [0, 0.05) is 0 Å². The van der Waals surface area contributed by atoms with E-state index in [1.54, 1.807) is 48.5 Å². The standard InChI is InChI=1S/C24H26N2O3S/c1-3-23(20-10-6-4-7-11-20)25-24(27)18-26(21-12-8-5-9-13-21)30(28,29)22-16-14-19(2)15-17-22/h4-17,23H,3,18H2,1-2H3,(H,25,27)/t23-/m1/s1. The van der Waals surface area contributed by atoms with Crippen LogP contribution in [0.25, 0.3) is 0 Å². The Labute approximate surface area is 178 Å². The molecule has 3 aromatic rings. The van der Waals surface area contributed by atoms with Gasteiger partial charge in [0.1, 0.15) is 6.54 Å². The van der Waals surface area contributed by atoms with Crippen molar-refractivity contribution in [3.63, 3.8) is 0 Å². The summed E-state index contributed by atoms with van der Waals surface area (Å²) in [4.78, 5) is 13.0. The van der Waals surface area contributed by atoms with E-state index in [1.165, 1.54) is 0 Å². The lowest BCUT2D eigenvalue weighted by Gasteiger charge is -2.25. The predicted molar refractivity (Wildman–Crippen MR) is 120 cm³/mol. The maximum atomic E-state index is 13.4. The second-order valence-corrected chi connectivity index (χ2v) is 8.96. The highest BCUT2D eigenvalue weighted by Gasteiger charge is 2.27. The van der Waals surface area contributed by atoms with Crippen molar-refractivity contribution in [3.8, 4) is 0 Å². The molecule has 5 nitrogen and oxygen atoms in total. The minimum absolute atomic E-state index is 0.153. The highest BCUT2D eigenvalue weighted by Crippen LogP contribution is 2.24. The number of rotatable bonds is 8. The Balaban J connectivity index is 1.88. The van der Waals surface area contributed by atoms with E-state index in [0.29, 0.717) is 12.1 Å². The number of hydrogen-bond donors (Lipinski definition) is 1. The van der Waals surface area contributed by atoms with Crippen LogP contribution in [0.2, 0.25) is 0 Å². The topological polar surface area (TPSA) is 66.5 Å². The monoisotopic (exact) mass is 422 g/mol. The van der Waals surface area contributed by atoms with Crippen LogP contribution >= 0.6 is 0 Å². The first-order valence-electron chi connectivity index (χ1n) is 9.90. The van der Waals surface area contributed by atoms with Gasteiger partial charge in [-0.05, 0) is 43.2 Å². The van der Waals surface area contributed by atoms with Gasteiger partial charge in [0.05, 0.1) is 16.6 Å². The predicted octanol–water partition coefficient (Wildman–Crippen LogP) is 4.46. The number of carbonyl (C=O) groups excluding carboxylic acids is 1. The number of sulfonamides is 1. The molecule has 0 aliphatic rings. The number of para-hydroxylation sites is 1. The Hall–Kier alpha value is -3.12. The largest absolute Gasteiger partial charge is 0.348 e. The summed E-state index contributed by atoms with van der Waals surface area (Å²) in [6.45, 7) is 3.58. The molecule has 0 fully saturated rings. The molecule has 3 rings (SSSR count). The normalized spacial score (nSPS) is 12.2. The number of benzene rings is 3. The van der Waals surface area contributed by atoms with Crippen LogP contribution in [-0.2, 0) is 14.8 Å². The summed E-state index contributed by atoms with van der Waals surface area (Å²) in [5, 5.41) is 2.97. The Kier molecular flexibility index (Phi) is 6.90. The van der Waals surface area contributed by atoms with Crippen molar-refractivity contribution in [1.82, 2.24) is 5.32 Å². The molecule has 0 saturated carbocycles. The molecule has 6 heteroatoms. The third-order valence-electron chi connectivity index (χ3n) is 4.89. The van der Waals surface area contributed by atoms with Gasteiger partial charge in [0.25, 0.3) is 10.0 Å². The summed E-state index contributed by atoms with van der Waals surface area (Å²) in [5.74, 6) is -0.356. The molecule has 0 saturated heterocycles. The number of nitrogens with zero attached hydrogens (tertiary/aromatic N) is 1. The van der Waals surface area contributed by atoms with Crippen LogP contribution < -0.4 is 9.62 Å². The van der Waals surface area contributed by atoms with Crippen molar-refractivity contribution in [1.29, 1.82) is 0 Å². The number of nitrogens with one attached hydrogen (secondary N) is 1. The molecule has 0 spiro atoms. The van der Waals surface area contributed by atoms with E-state index in [0.717, 1.165) is 15.4 Å². The van der Waals surface area contributed by atoms with Gasteiger partial charge in [-0.2, -0.15) is 0 Å². The van der Waals surface area contributed by atoms with Gasteiger partial charge in [0.2, 0.25) is 5.91 Å². The van der Waals surface area contributed by atoms with Crippen LogP contribution in [0.1, 0.15) is 30.5 Å². The van der Waals surface area contributed by atoms with Gasteiger partial charge in [-0.15, -0.1) is 0 Å². The second kappa shape index (κ2) is 9.59. The van der Waals surface area contributed by atoms with Crippen molar-refractivity contribution in [2.24, 2.45) is 0 Å². The molecule has 0 aromatic heterocycles. The van der Waals surface area contributed by atoms with Gasteiger partial charge < -0.3 is 5.32 Å². The molecule has 1 N–H and O–H groups in total. The van der Waals surface area contributed by atoms with Gasteiger partial charge in [-0.3, -0.25) is 9.10 Å². The molecule has 0 aliphatic heterocycles. The number of aryl methyl sites for hydroxylation is 1. The van der Waals surface area contributed by atoms with E-state index in [4.69, 9.17) is 0 Å². The van der Waals surface area contributed by atoms with Gasteiger partial charge in [-0.1, -0.05) is 73.2 Å². The van der Waals surface area contributed by atoms with Crippen molar-refractivity contribution in [2.75, 3.05) is 10.8 Å². The number of anilines is 1. The quantitative estimate of drug-likeness (QED) is 0.583. The maximum absolute atomic E-state index is 13.4. The second-order valence-electron chi connectivity index (χ2n) is 7.10. The third-order valence-corrected chi connectivity index (χ3v) is 6.67. The van der Waals surface area contributed by atoms with Crippen molar-refractivity contribution >= 4 is 21.6 Å². The molecule has 1 amide bonds. The van der Waals surface area contributed by atoms with Crippen molar-refractivity contribution < 1.29 is 13.2 Å². The summed E-state index contributed by atoms with van der Waals surface area (Å²) in [6.07, 6.45) is 0.700. The maximum Gasteiger partial charge on any atom is 0.264 e. The SMILES string of the molecule is CC[C@@H](NC(=O)CN(c1ccccc1)S(=O)(=O)c1ccc(C)cc1)c1ccccc1. The Morgan fingerprint density at radius 1 is 0.900 bits per heavy atom. The lowest BCUT2D eigenvalue weighted by atomic mass is 10.0. The Morgan fingerprint density at radius 2 is 1.47 bits per heavy atom. The molecule has 0 radical (unpaired) electrons. The van der Waals surface area contributed by atoms with Crippen LogP contribution in [0.4, 0.5) is 5.69 Å². The molecular formula is C24H26N2O3S. The molecule has 0 aliphatic carbocycles. The summed E-state index contributed by atoms with van der Waals surface area (Å²) in [6, 6.07) is 24.8. The average Bonchev–Trinajstić information content (AvgIpc) is 2.77. The molecule has 30 heavy (non-hydrogen) atoms. The van der Waals surface area contributed by atoms with E-state index >= 15 is 0 Å². The summed E-state index contributed by atoms with van der Waals surface area (Å²) >= 11 is 0. The van der Waals surface area contributed by atoms with Gasteiger partial charge in [0.15, 0.2) is 0 Å². The molecule has 3 aromatic carbocycles. The Bertz CT molecular complexity index is 1070. The molecule has 0 unspecified atom stereocenters. The lowest BCUT2D eigenvalue weighted by molar-refractivity contribution is -0.120. The third kappa shape index (κ3) is 5.07. The number of amides is 1. The molecule has 1 atom stereocenters. The van der Waals surface area contributed by atoms with Crippen molar-refractivity contribution in [3.05, 3.63) is 96.1 Å². The molecule has 156 valence electrons. The summed E-state index contributed by atoms with van der Waals surface area (Å²) in [5.41, 5.74) is 2.40. The lowest BCUT2D eigenvalue weighted by Crippen LogP contribution is -2.42. The van der Waals surface area contributed by atoms with E-state index in [9.17, 15) is 13.2 Å². The molecular weight excluding hydrogens is 396 g/mol. The summed E-state index contributed by atoms with van der Waals surface area (Å²) in [7, 11) is -3.90. The first-order chi connectivity index (χ1) is 14.4. The van der Waals surface area contributed by atoms with Crippen LogP contribution in [0, 0.1) is 6.92 Å². The number of carbonyl (C=O) groups is 1. The van der Waals surface area contributed by atoms with Crippen molar-refractivity contribution in [2.45, 2.75) is 31.2 Å². The van der Waals surface area contributed by atoms with E-state index in [2.05, 4.69) is 5.32 Å². The first kappa shape index (κ1) is 21.6. The van der Waals surface area contributed by atoms with Crippen LogP contribution in [-0.4, -0.2) is 20.9 Å². The zero-order chi connectivity index (χ0) is 21.6. The Morgan fingerprint density at radius 3 is 2.03 bits per heavy atom. The highest BCUT2D eigenvalue weighted by atomic mass is 32.2. The fraction of sp³-hybridized carbons (Fsp3) is 0.208. The van der Waals surface area contributed by atoms with Crippen LogP contribution in [0.3, 0.4) is 0 Å². The number of hydrogen-bond acceptors (Lipinski definition) is 3. The molecule has 0 heterocycles. The summed E-state index contributed by atoms with van der Waals surface area (Å²) < 4.78 is 27.9. The van der Waals surface area contributed by atoms with Crippen LogP contribution in [0.5, 0.6) is 0 Å². The zero-order valence-corrected chi connectivity index (χ0v) is 18.0. The molecule has 0 bridgehead atoms. The fourth-order valence-electron chi connectivity index (χ4n) is 3.22. The fourth-order valence-corrected chi connectivity index (χ4v) is 4.64. The van der Waals surface area contributed by atoms with E-state index in [1.807, 2.05) is 50.2 Å². The zero-order valence-electron chi connectivity index (χ0n) is 17.2. The van der Waals surface area contributed by atoms with E-state index in [-0.39, 0.29) is 23.4 Å². The van der Waals surface area contributed by atoms with Crippen LogP contribution in [0.15, 0.2) is 89.8 Å². The smallest absolute Gasteiger partial charge is 0.264 e. The van der Waals surface area contributed by atoms with Gasteiger partial charge >= 0.3 is 0 Å². The van der Waals surface area contributed by atoms with E-state index < -0.39 is 10.0 Å². The average molecular weight is 423 g/mol. The first-order valence-corrected chi connectivity index (χ1v) is 11.3. The highest BCUT2D eigenvalue weighted by molar-refractivity contribution is 7.92. The minimum atomic E-state index is -3.90.